The standard InChI is InChI=1S/C12H13N5O/c13-12-16-9-4-2-1-3-8(9)11(17-12)15-7-5-10(18)14-6-7/h1-4,7H,5-6H2,(H,14,18)(H3,13,15,16,17). The summed E-state index contributed by atoms with van der Waals surface area (Å²) in [6.45, 7) is 0.608. The van der Waals surface area contributed by atoms with Gasteiger partial charge in [-0.15, -0.1) is 0 Å². The molecule has 0 spiro atoms. The number of nitrogens with zero attached hydrogens (tertiary/aromatic N) is 2. The minimum absolute atomic E-state index is 0.0511. The summed E-state index contributed by atoms with van der Waals surface area (Å²) in [5.74, 6) is 0.965. The van der Waals surface area contributed by atoms with Crippen LogP contribution in [0.15, 0.2) is 24.3 Å². The third-order valence-electron chi connectivity index (χ3n) is 2.94. The summed E-state index contributed by atoms with van der Waals surface area (Å²) in [7, 11) is 0. The van der Waals surface area contributed by atoms with Gasteiger partial charge in [-0.1, -0.05) is 12.1 Å². The lowest BCUT2D eigenvalue weighted by atomic mass is 10.2. The molecule has 1 aliphatic rings. The van der Waals surface area contributed by atoms with E-state index in [0.717, 1.165) is 10.9 Å². The zero-order chi connectivity index (χ0) is 12.5. The molecule has 1 aromatic heterocycles. The van der Waals surface area contributed by atoms with Crippen LogP contribution in [0.4, 0.5) is 11.8 Å². The Balaban J connectivity index is 1.97. The number of para-hydroxylation sites is 1. The van der Waals surface area contributed by atoms with Crippen molar-refractivity contribution in [2.45, 2.75) is 12.5 Å². The first-order valence-electron chi connectivity index (χ1n) is 5.78. The molecule has 3 rings (SSSR count). The molecule has 1 aromatic carbocycles. The van der Waals surface area contributed by atoms with Gasteiger partial charge in [-0.05, 0) is 12.1 Å². The molecule has 1 unspecified atom stereocenters. The number of nitrogens with one attached hydrogen (secondary N) is 2. The van der Waals surface area contributed by atoms with E-state index in [1.165, 1.54) is 0 Å². The van der Waals surface area contributed by atoms with Crippen LogP contribution < -0.4 is 16.4 Å². The van der Waals surface area contributed by atoms with Crippen molar-refractivity contribution in [2.75, 3.05) is 17.6 Å². The summed E-state index contributed by atoms with van der Waals surface area (Å²) in [4.78, 5) is 19.5. The van der Waals surface area contributed by atoms with E-state index in [-0.39, 0.29) is 17.9 Å². The van der Waals surface area contributed by atoms with E-state index in [0.29, 0.717) is 18.8 Å². The summed E-state index contributed by atoms with van der Waals surface area (Å²) in [6, 6.07) is 7.69. The van der Waals surface area contributed by atoms with Gasteiger partial charge in [0.15, 0.2) is 0 Å². The summed E-state index contributed by atoms with van der Waals surface area (Å²) in [5, 5.41) is 6.93. The Morgan fingerprint density at radius 2 is 2.17 bits per heavy atom. The molecule has 2 aromatic rings. The van der Waals surface area contributed by atoms with Crippen LogP contribution in [0.25, 0.3) is 10.9 Å². The Hall–Kier alpha value is -2.37. The van der Waals surface area contributed by atoms with E-state index >= 15 is 0 Å². The van der Waals surface area contributed by atoms with Gasteiger partial charge in [0.05, 0.1) is 11.6 Å². The van der Waals surface area contributed by atoms with E-state index in [1.807, 2.05) is 24.3 Å². The van der Waals surface area contributed by atoms with E-state index in [9.17, 15) is 4.79 Å². The molecule has 6 nitrogen and oxygen atoms in total. The zero-order valence-corrected chi connectivity index (χ0v) is 9.68. The Morgan fingerprint density at radius 3 is 2.94 bits per heavy atom. The Labute approximate surface area is 104 Å². The van der Waals surface area contributed by atoms with E-state index in [2.05, 4.69) is 20.6 Å². The van der Waals surface area contributed by atoms with Crippen molar-refractivity contribution in [3.63, 3.8) is 0 Å². The first-order valence-corrected chi connectivity index (χ1v) is 5.78. The number of hydrogen-bond donors (Lipinski definition) is 3. The van der Waals surface area contributed by atoms with Gasteiger partial charge in [-0.3, -0.25) is 4.79 Å². The maximum Gasteiger partial charge on any atom is 0.222 e. The van der Waals surface area contributed by atoms with Crippen LogP contribution in [0, 0.1) is 0 Å². The van der Waals surface area contributed by atoms with Gasteiger partial charge in [0.25, 0.3) is 0 Å². The number of nitrogens with two attached hydrogens (primary N) is 1. The molecule has 1 amide bonds. The average molecular weight is 243 g/mol. The van der Waals surface area contributed by atoms with Crippen LogP contribution in [0.5, 0.6) is 0 Å². The van der Waals surface area contributed by atoms with E-state index in [4.69, 9.17) is 5.73 Å². The lowest BCUT2D eigenvalue weighted by Crippen LogP contribution is -2.23. The fourth-order valence-electron chi connectivity index (χ4n) is 2.11. The molecule has 0 radical (unpaired) electrons. The highest BCUT2D eigenvalue weighted by Gasteiger charge is 2.22. The summed E-state index contributed by atoms with van der Waals surface area (Å²) < 4.78 is 0. The number of aromatic nitrogens is 2. The predicted octanol–water partition coefficient (Wildman–Crippen LogP) is 0.512. The number of anilines is 2. The highest BCUT2D eigenvalue weighted by Crippen LogP contribution is 2.22. The number of fused-ring (bicyclic) bond motifs is 1. The molecule has 1 atom stereocenters. The van der Waals surface area contributed by atoms with Gasteiger partial charge in [0, 0.05) is 18.4 Å². The maximum atomic E-state index is 11.2. The largest absolute Gasteiger partial charge is 0.368 e. The Morgan fingerprint density at radius 1 is 1.33 bits per heavy atom. The second kappa shape index (κ2) is 4.14. The normalized spacial score (nSPS) is 18.9. The third kappa shape index (κ3) is 1.92. The number of nitrogen functional groups attached to an aromatic ring is 1. The minimum atomic E-state index is 0.0511. The summed E-state index contributed by atoms with van der Waals surface area (Å²) in [5.41, 5.74) is 6.48. The van der Waals surface area contributed by atoms with Crippen molar-refractivity contribution in [1.29, 1.82) is 0 Å². The number of carbonyl (C=O) groups excluding carboxylic acids is 1. The number of hydrogen-bond acceptors (Lipinski definition) is 5. The maximum absolute atomic E-state index is 11.2. The molecule has 1 saturated heterocycles. The monoisotopic (exact) mass is 243 g/mol. The van der Waals surface area contributed by atoms with Gasteiger partial charge in [-0.25, -0.2) is 4.98 Å². The fraction of sp³-hybridized carbons (Fsp3) is 0.250. The Bertz CT molecular complexity index is 612. The molecule has 2 heterocycles. The van der Waals surface area contributed by atoms with Crippen molar-refractivity contribution in [1.82, 2.24) is 15.3 Å². The third-order valence-corrected chi connectivity index (χ3v) is 2.94. The van der Waals surface area contributed by atoms with Crippen molar-refractivity contribution in [3.8, 4) is 0 Å². The molecule has 1 aliphatic heterocycles. The highest BCUT2D eigenvalue weighted by atomic mass is 16.1. The molecular formula is C12H13N5O. The zero-order valence-electron chi connectivity index (χ0n) is 9.68. The molecule has 0 saturated carbocycles. The van der Waals surface area contributed by atoms with E-state index < -0.39 is 0 Å². The van der Waals surface area contributed by atoms with Gasteiger partial charge < -0.3 is 16.4 Å². The van der Waals surface area contributed by atoms with Crippen LogP contribution in [-0.4, -0.2) is 28.5 Å². The Kier molecular flexibility index (Phi) is 2.47. The van der Waals surface area contributed by atoms with Crippen molar-refractivity contribution >= 4 is 28.6 Å². The van der Waals surface area contributed by atoms with Gasteiger partial charge in [-0.2, -0.15) is 4.98 Å². The van der Waals surface area contributed by atoms with Gasteiger partial charge >= 0.3 is 0 Å². The van der Waals surface area contributed by atoms with Crippen LogP contribution in [0.2, 0.25) is 0 Å². The van der Waals surface area contributed by atoms with Crippen LogP contribution >= 0.6 is 0 Å². The van der Waals surface area contributed by atoms with Crippen LogP contribution in [0.3, 0.4) is 0 Å². The summed E-state index contributed by atoms with van der Waals surface area (Å²) >= 11 is 0. The highest BCUT2D eigenvalue weighted by molar-refractivity contribution is 5.90. The van der Waals surface area contributed by atoms with Crippen molar-refractivity contribution in [2.24, 2.45) is 0 Å². The summed E-state index contributed by atoms with van der Waals surface area (Å²) in [6.07, 6.45) is 0.457. The molecular weight excluding hydrogens is 230 g/mol. The second-order valence-electron chi connectivity index (χ2n) is 4.30. The molecule has 92 valence electrons. The topological polar surface area (TPSA) is 92.9 Å². The second-order valence-corrected chi connectivity index (χ2v) is 4.30. The number of benzene rings is 1. The number of carbonyl (C=O) groups is 1. The van der Waals surface area contributed by atoms with Crippen molar-refractivity contribution < 1.29 is 4.79 Å². The van der Waals surface area contributed by atoms with Crippen LogP contribution in [0.1, 0.15) is 6.42 Å². The molecule has 0 bridgehead atoms. The lowest BCUT2D eigenvalue weighted by Gasteiger charge is -2.13. The van der Waals surface area contributed by atoms with Crippen LogP contribution in [-0.2, 0) is 4.79 Å². The molecule has 1 fully saturated rings. The minimum Gasteiger partial charge on any atom is -0.368 e. The van der Waals surface area contributed by atoms with Crippen molar-refractivity contribution in [3.05, 3.63) is 24.3 Å². The predicted molar refractivity (Wildman–Crippen MR) is 69.0 cm³/mol. The molecule has 6 heteroatoms. The van der Waals surface area contributed by atoms with E-state index in [1.54, 1.807) is 0 Å². The quantitative estimate of drug-likeness (QED) is 0.714. The fourth-order valence-corrected chi connectivity index (χ4v) is 2.11. The molecule has 0 aliphatic carbocycles. The first kappa shape index (κ1) is 10.8. The SMILES string of the molecule is Nc1nc(NC2CNC(=O)C2)c2ccccc2n1. The number of amides is 1. The molecule has 4 N–H and O–H groups in total. The molecule has 18 heavy (non-hydrogen) atoms. The smallest absolute Gasteiger partial charge is 0.222 e. The van der Waals surface area contributed by atoms with Gasteiger partial charge in [0.1, 0.15) is 5.82 Å². The first-order chi connectivity index (χ1) is 8.72. The number of rotatable bonds is 2. The average Bonchev–Trinajstić information content (AvgIpc) is 2.74. The van der Waals surface area contributed by atoms with Gasteiger partial charge in [0.2, 0.25) is 11.9 Å². The lowest BCUT2D eigenvalue weighted by molar-refractivity contribution is -0.119.